The van der Waals surface area contributed by atoms with Crippen molar-refractivity contribution < 1.29 is 45.8 Å². The largest absolute Gasteiger partial charge is 0.478 e. The molecule has 2 aromatic rings. The molecule has 37 heavy (non-hydrogen) atoms. The fourth-order valence-electron chi connectivity index (χ4n) is 2.92. The quantitative estimate of drug-likeness (QED) is 0.233. The Bertz CT molecular complexity index is 1150. The van der Waals surface area contributed by atoms with E-state index in [0.29, 0.717) is 10.7 Å². The lowest BCUT2D eigenvalue weighted by atomic mass is 10.1. The second kappa shape index (κ2) is 13.0. The first-order valence-electron chi connectivity index (χ1n) is 11.0. The van der Waals surface area contributed by atoms with E-state index in [1.165, 1.54) is 32.1 Å². The number of rotatable bonds is 8. The molecule has 0 aliphatic rings. The fourth-order valence-corrected chi connectivity index (χ4v) is 2.92. The van der Waals surface area contributed by atoms with Crippen LogP contribution in [0, 0.1) is 0 Å². The highest BCUT2D eigenvalue weighted by molar-refractivity contribution is 5.98. The minimum atomic E-state index is -5.06. The van der Waals surface area contributed by atoms with Crippen molar-refractivity contribution in [2.45, 2.75) is 52.5 Å². The van der Waals surface area contributed by atoms with Gasteiger partial charge in [-0.15, -0.1) is 0 Å². The average molecular weight is 535 g/mol. The molecule has 1 amide bonds. The van der Waals surface area contributed by atoms with Gasteiger partial charge >= 0.3 is 18.3 Å². The number of amides is 1. The number of carbonyl (C=O) groups is 2. The molecule has 2 rings (SSSR count). The van der Waals surface area contributed by atoms with Crippen molar-refractivity contribution in [2.75, 3.05) is 0 Å². The first-order valence-corrected chi connectivity index (χ1v) is 11.0. The third-order valence-corrected chi connectivity index (χ3v) is 4.59. The summed E-state index contributed by atoms with van der Waals surface area (Å²) in [6, 6.07) is 2.68. The highest BCUT2D eigenvalue weighted by Gasteiger charge is 2.42. The molecule has 1 heterocycles. The molecular formula is C24H27F6N3O4. The molecule has 1 aromatic heterocycles. The van der Waals surface area contributed by atoms with Crippen LogP contribution < -0.4 is 10.1 Å². The molecule has 0 bridgehead atoms. The monoisotopic (exact) mass is 535 g/mol. The van der Waals surface area contributed by atoms with Crippen molar-refractivity contribution in [1.82, 2.24) is 15.1 Å². The number of halogens is 6. The number of hydrogen-bond donors (Lipinski definition) is 2. The topological polar surface area (TPSA) is 93.5 Å². The number of carboxylic acids is 1. The third kappa shape index (κ3) is 8.69. The zero-order valence-electron chi connectivity index (χ0n) is 20.7. The Morgan fingerprint density at radius 3 is 2.30 bits per heavy atom. The number of aliphatic carboxylic acids is 1. The minimum absolute atomic E-state index is 0.0214. The predicted molar refractivity (Wildman–Crippen MR) is 123 cm³/mol. The van der Waals surface area contributed by atoms with Crippen LogP contribution in [-0.2, 0) is 24.2 Å². The number of carbonyl (C=O) groups excluding carboxylic acids is 1. The number of carboxylic acid groups (broad SMARTS) is 1. The van der Waals surface area contributed by atoms with E-state index in [9.17, 15) is 35.9 Å². The van der Waals surface area contributed by atoms with Crippen LogP contribution in [-0.4, -0.2) is 32.8 Å². The summed E-state index contributed by atoms with van der Waals surface area (Å²) in [5.41, 5.74) is -3.70. The van der Waals surface area contributed by atoms with E-state index >= 15 is 0 Å². The second-order valence-corrected chi connectivity index (χ2v) is 7.34. The zero-order chi connectivity index (χ0) is 28.6. The van der Waals surface area contributed by atoms with Crippen LogP contribution in [0.25, 0.3) is 0 Å². The molecule has 2 N–H and O–H groups in total. The summed E-state index contributed by atoms with van der Waals surface area (Å²) in [6.45, 7) is 6.97. The van der Waals surface area contributed by atoms with Crippen LogP contribution in [0.5, 0.6) is 11.6 Å². The first kappa shape index (κ1) is 31.3. The van der Waals surface area contributed by atoms with Crippen molar-refractivity contribution >= 4 is 11.9 Å². The Morgan fingerprint density at radius 2 is 1.78 bits per heavy atom. The van der Waals surface area contributed by atoms with Crippen molar-refractivity contribution in [3.05, 3.63) is 64.9 Å². The number of ether oxygens (including phenoxy) is 1. The van der Waals surface area contributed by atoms with Gasteiger partial charge in [-0.3, -0.25) is 4.79 Å². The smallest absolute Gasteiger partial charge is 0.436 e. The second-order valence-electron chi connectivity index (χ2n) is 7.34. The lowest BCUT2D eigenvalue weighted by Crippen LogP contribution is -2.33. The van der Waals surface area contributed by atoms with Crippen LogP contribution in [0.15, 0.2) is 48.1 Å². The maximum Gasteiger partial charge on any atom is 0.436 e. The van der Waals surface area contributed by atoms with Crippen LogP contribution in [0.2, 0.25) is 0 Å². The van der Waals surface area contributed by atoms with Gasteiger partial charge in [0.15, 0.2) is 5.69 Å². The van der Waals surface area contributed by atoms with E-state index in [1.54, 1.807) is 0 Å². The van der Waals surface area contributed by atoms with Gasteiger partial charge in [0, 0.05) is 13.1 Å². The van der Waals surface area contributed by atoms with Gasteiger partial charge in [-0.25, -0.2) is 9.48 Å². The minimum Gasteiger partial charge on any atom is -0.478 e. The average Bonchev–Trinajstić information content (AvgIpc) is 3.14. The Morgan fingerprint density at radius 1 is 1.16 bits per heavy atom. The van der Waals surface area contributed by atoms with Gasteiger partial charge in [0.1, 0.15) is 11.3 Å². The Labute approximate surface area is 209 Å². The van der Waals surface area contributed by atoms with E-state index < -0.39 is 58.7 Å². The molecule has 7 nitrogen and oxygen atoms in total. The number of benzene rings is 1. The molecule has 0 radical (unpaired) electrons. The van der Waals surface area contributed by atoms with Crippen LogP contribution >= 0.6 is 0 Å². The Kier molecular flexibility index (Phi) is 11.0. The zero-order valence-corrected chi connectivity index (χ0v) is 20.7. The summed E-state index contributed by atoms with van der Waals surface area (Å²) in [6.07, 6.45) is -5.68. The number of nitrogens with one attached hydrogen (secondary N) is 1. The van der Waals surface area contributed by atoms with Crippen molar-refractivity contribution in [3.63, 3.8) is 0 Å². The number of allylic oxidation sites excluding steroid dienone is 1. The SMILES string of the molecule is C/C=C(\C=C/CC(C)NC(=O)c1c(C(F)(F)F)nn(C)c1Oc1cccc(C(F)(F)F)c1)C(=O)O.CC. The van der Waals surface area contributed by atoms with Crippen LogP contribution in [0.1, 0.15) is 55.7 Å². The van der Waals surface area contributed by atoms with Gasteiger partial charge in [0.2, 0.25) is 5.88 Å². The molecule has 1 unspecified atom stereocenters. The number of hydrogen-bond acceptors (Lipinski definition) is 4. The number of aryl methyl sites for hydroxylation is 1. The normalized spacial score (nSPS) is 13.1. The molecule has 0 aliphatic heterocycles. The number of alkyl halides is 6. The highest BCUT2D eigenvalue weighted by atomic mass is 19.4. The van der Waals surface area contributed by atoms with Gasteiger partial charge in [-0.1, -0.05) is 38.1 Å². The van der Waals surface area contributed by atoms with E-state index in [4.69, 9.17) is 9.84 Å². The summed E-state index contributed by atoms with van der Waals surface area (Å²) in [4.78, 5) is 23.8. The molecule has 0 spiro atoms. The molecule has 204 valence electrons. The predicted octanol–water partition coefficient (Wildman–Crippen LogP) is 6.37. The fraction of sp³-hybridized carbons (Fsp3) is 0.375. The maximum absolute atomic E-state index is 13.6. The molecular weight excluding hydrogens is 508 g/mol. The van der Waals surface area contributed by atoms with Crippen LogP contribution in [0.4, 0.5) is 26.3 Å². The summed E-state index contributed by atoms with van der Waals surface area (Å²) in [7, 11) is 1.05. The molecule has 1 aromatic carbocycles. The molecule has 0 fully saturated rings. The van der Waals surface area contributed by atoms with Crippen LogP contribution in [0.3, 0.4) is 0 Å². The Hall–Kier alpha value is -3.77. The number of nitrogens with zero attached hydrogens (tertiary/aromatic N) is 2. The van der Waals surface area contributed by atoms with E-state index in [0.717, 1.165) is 25.2 Å². The van der Waals surface area contributed by atoms with E-state index in [1.807, 2.05) is 13.8 Å². The maximum atomic E-state index is 13.6. The van der Waals surface area contributed by atoms with Gasteiger partial charge in [-0.2, -0.15) is 31.4 Å². The molecule has 1 atom stereocenters. The van der Waals surface area contributed by atoms with Gasteiger partial charge in [0.25, 0.3) is 5.91 Å². The van der Waals surface area contributed by atoms with Crippen molar-refractivity contribution in [3.8, 4) is 11.6 Å². The van der Waals surface area contributed by atoms with Gasteiger partial charge in [0.05, 0.1) is 11.1 Å². The van der Waals surface area contributed by atoms with E-state index in [2.05, 4.69) is 10.4 Å². The number of aromatic nitrogens is 2. The van der Waals surface area contributed by atoms with Crippen molar-refractivity contribution in [1.29, 1.82) is 0 Å². The first-order chi connectivity index (χ1) is 17.1. The lowest BCUT2D eigenvalue weighted by molar-refractivity contribution is -0.142. The molecule has 13 heteroatoms. The third-order valence-electron chi connectivity index (χ3n) is 4.59. The standard InChI is InChI=1S/C22H21F6N3O4.C2H6/c1-4-13(20(33)34)8-5-7-12(2)29-18(32)16-17(22(26,27)28)30-31(3)19(16)35-15-10-6-9-14(11-15)21(23,24)25;1-2/h4-6,8-12H,7H2,1-3H3,(H,29,32)(H,33,34);1-2H3/b8-5-,13-4+;. The molecule has 0 saturated heterocycles. The summed E-state index contributed by atoms with van der Waals surface area (Å²) in [5, 5.41) is 14.6. The highest BCUT2D eigenvalue weighted by Crippen LogP contribution is 2.38. The summed E-state index contributed by atoms with van der Waals surface area (Å²) in [5.74, 6) is -3.56. The van der Waals surface area contributed by atoms with Gasteiger partial charge in [-0.05, 0) is 38.5 Å². The summed E-state index contributed by atoms with van der Waals surface area (Å²) < 4.78 is 85.5. The molecule has 0 aliphatic carbocycles. The van der Waals surface area contributed by atoms with Gasteiger partial charge < -0.3 is 15.2 Å². The van der Waals surface area contributed by atoms with E-state index in [-0.39, 0.29) is 12.0 Å². The Balaban J connectivity index is 0.00000334. The summed E-state index contributed by atoms with van der Waals surface area (Å²) >= 11 is 0. The van der Waals surface area contributed by atoms with Crippen molar-refractivity contribution in [2.24, 2.45) is 7.05 Å². The lowest BCUT2D eigenvalue weighted by Gasteiger charge is -2.15. The molecule has 0 saturated carbocycles.